The van der Waals surface area contributed by atoms with E-state index < -0.39 is 11.9 Å². The zero-order valence-corrected chi connectivity index (χ0v) is 18.9. The molecule has 0 aliphatic carbocycles. The van der Waals surface area contributed by atoms with Crippen molar-refractivity contribution in [1.82, 2.24) is 9.88 Å². The molecule has 0 amide bonds. The van der Waals surface area contributed by atoms with Crippen LogP contribution >= 0.6 is 0 Å². The van der Waals surface area contributed by atoms with Crippen molar-refractivity contribution in [2.45, 2.75) is 13.8 Å². The summed E-state index contributed by atoms with van der Waals surface area (Å²) in [4.78, 5) is 28.3. The molecule has 0 spiro atoms. The minimum absolute atomic E-state index is 1.04. The maximum atomic E-state index is 9.10. The fraction of sp³-hybridized carbons (Fsp3) is 0.269. The first-order chi connectivity index (χ1) is 15.9. The average molecular weight is 448 g/mol. The summed E-state index contributed by atoms with van der Waals surface area (Å²) in [6, 6.07) is 21.3. The molecule has 1 aliphatic heterocycles. The fourth-order valence-corrected chi connectivity index (χ4v) is 3.77. The number of allylic oxidation sites excluding steroid dienone is 1. The van der Waals surface area contributed by atoms with Crippen molar-refractivity contribution in [3.05, 3.63) is 71.9 Å². The first kappa shape index (κ1) is 23.9. The molecule has 0 saturated carbocycles. The number of fused-ring (bicyclic) bond motifs is 1. The highest BCUT2D eigenvalue weighted by Gasteiger charge is 2.19. The molecule has 1 fully saturated rings. The van der Waals surface area contributed by atoms with Crippen LogP contribution in [0.15, 0.2) is 60.7 Å². The number of anilines is 1. The van der Waals surface area contributed by atoms with Gasteiger partial charge in [-0.3, -0.25) is 0 Å². The normalized spacial score (nSPS) is 14.5. The lowest BCUT2D eigenvalue weighted by Crippen LogP contribution is -2.46. The number of piperazine rings is 1. The number of likely N-dealkylation sites (N-methyl/N-ethyl adjacent to an activating group) is 1. The summed E-state index contributed by atoms with van der Waals surface area (Å²) < 4.78 is 0. The van der Waals surface area contributed by atoms with Gasteiger partial charge in [0.2, 0.25) is 0 Å². The molecule has 1 aliphatic rings. The largest absolute Gasteiger partial charge is 0.473 e. The number of benzene rings is 2. The van der Waals surface area contributed by atoms with Crippen LogP contribution in [0, 0.1) is 0 Å². The SMILES string of the molecule is CCN1CCN(c2nc(/C(C)=C\c3ccccc3)cc3ccccc23)CC1.O=C(O)C(=O)O. The molecule has 2 heterocycles. The summed E-state index contributed by atoms with van der Waals surface area (Å²) in [7, 11) is 0. The molecule has 2 aromatic carbocycles. The Bertz CT molecular complexity index is 1120. The number of carbonyl (C=O) groups is 2. The van der Waals surface area contributed by atoms with Gasteiger partial charge in [-0.15, -0.1) is 0 Å². The molecule has 172 valence electrons. The molecule has 2 N–H and O–H groups in total. The van der Waals surface area contributed by atoms with Gasteiger partial charge < -0.3 is 20.0 Å². The number of aliphatic carboxylic acids is 2. The molecule has 33 heavy (non-hydrogen) atoms. The molecule has 3 aromatic rings. The number of pyridine rings is 1. The van der Waals surface area contributed by atoms with Crippen LogP contribution < -0.4 is 4.90 Å². The van der Waals surface area contributed by atoms with Gasteiger partial charge in [0, 0.05) is 31.6 Å². The molecule has 0 unspecified atom stereocenters. The monoisotopic (exact) mass is 447 g/mol. The third-order valence-electron chi connectivity index (χ3n) is 5.61. The number of rotatable bonds is 4. The minimum Gasteiger partial charge on any atom is -0.473 e. The molecular weight excluding hydrogens is 418 g/mol. The predicted molar refractivity (Wildman–Crippen MR) is 131 cm³/mol. The van der Waals surface area contributed by atoms with Crippen LogP contribution in [0.1, 0.15) is 25.1 Å². The van der Waals surface area contributed by atoms with E-state index >= 15 is 0 Å². The van der Waals surface area contributed by atoms with Crippen LogP contribution in [0.25, 0.3) is 22.4 Å². The average Bonchev–Trinajstić information content (AvgIpc) is 2.84. The van der Waals surface area contributed by atoms with Crippen molar-refractivity contribution in [3.8, 4) is 0 Å². The van der Waals surface area contributed by atoms with Gasteiger partial charge >= 0.3 is 11.9 Å². The summed E-state index contributed by atoms with van der Waals surface area (Å²) in [5.74, 6) is -2.52. The number of carboxylic acid groups (broad SMARTS) is 2. The maximum absolute atomic E-state index is 9.10. The Hall–Kier alpha value is -3.71. The maximum Gasteiger partial charge on any atom is 0.414 e. The summed E-state index contributed by atoms with van der Waals surface area (Å²) in [5.41, 5.74) is 3.47. The Morgan fingerprint density at radius 3 is 2.15 bits per heavy atom. The van der Waals surface area contributed by atoms with Crippen molar-refractivity contribution in [2.24, 2.45) is 0 Å². The van der Waals surface area contributed by atoms with Gasteiger partial charge in [-0.05, 0) is 42.1 Å². The third-order valence-corrected chi connectivity index (χ3v) is 5.61. The van der Waals surface area contributed by atoms with E-state index in [-0.39, 0.29) is 0 Å². The van der Waals surface area contributed by atoms with Crippen molar-refractivity contribution in [3.63, 3.8) is 0 Å². The Morgan fingerprint density at radius 1 is 0.939 bits per heavy atom. The Kier molecular flexibility index (Phi) is 8.16. The topological polar surface area (TPSA) is 94.0 Å². The van der Waals surface area contributed by atoms with E-state index in [0.29, 0.717) is 0 Å². The summed E-state index contributed by atoms with van der Waals surface area (Å²) >= 11 is 0. The van der Waals surface area contributed by atoms with Crippen molar-refractivity contribution in [1.29, 1.82) is 0 Å². The van der Waals surface area contributed by atoms with E-state index in [9.17, 15) is 0 Å². The second-order valence-electron chi connectivity index (χ2n) is 7.82. The minimum atomic E-state index is -1.82. The summed E-state index contributed by atoms with van der Waals surface area (Å²) in [6.07, 6.45) is 2.22. The van der Waals surface area contributed by atoms with E-state index in [1.165, 1.54) is 21.9 Å². The van der Waals surface area contributed by atoms with E-state index in [1.807, 2.05) is 0 Å². The molecule has 7 heteroatoms. The second kappa shape index (κ2) is 11.2. The van der Waals surface area contributed by atoms with Gasteiger partial charge in [0.15, 0.2) is 0 Å². The smallest absolute Gasteiger partial charge is 0.414 e. The predicted octanol–water partition coefficient (Wildman–Crippen LogP) is 4.09. The van der Waals surface area contributed by atoms with Crippen LogP contribution in [-0.4, -0.2) is 64.8 Å². The first-order valence-electron chi connectivity index (χ1n) is 11.0. The molecule has 4 rings (SSSR count). The lowest BCUT2D eigenvalue weighted by molar-refractivity contribution is -0.159. The van der Waals surface area contributed by atoms with Crippen LogP contribution in [-0.2, 0) is 9.59 Å². The number of nitrogens with zero attached hydrogens (tertiary/aromatic N) is 3. The molecular formula is C26H29N3O4. The van der Waals surface area contributed by atoms with E-state index in [2.05, 4.69) is 90.4 Å². The van der Waals surface area contributed by atoms with Crippen molar-refractivity contribution >= 4 is 40.2 Å². The van der Waals surface area contributed by atoms with E-state index in [1.54, 1.807) is 0 Å². The number of carboxylic acids is 2. The number of hydrogen-bond donors (Lipinski definition) is 2. The quantitative estimate of drug-likeness (QED) is 0.582. The molecule has 1 aromatic heterocycles. The molecule has 0 radical (unpaired) electrons. The van der Waals surface area contributed by atoms with Gasteiger partial charge in [0.25, 0.3) is 0 Å². The van der Waals surface area contributed by atoms with Crippen molar-refractivity contribution in [2.75, 3.05) is 37.6 Å². The zero-order valence-electron chi connectivity index (χ0n) is 18.9. The van der Waals surface area contributed by atoms with Crippen molar-refractivity contribution < 1.29 is 19.8 Å². The standard InChI is InChI=1S/C24H27N3.C2H2O4/c1-3-26-13-15-27(16-14-26)24-22-12-8-7-11-21(22)18-23(25-24)19(2)17-20-9-5-4-6-10-20;3-1(4)2(5)6/h4-12,17-18H,3,13-16H2,1-2H3;(H,3,4)(H,5,6)/b19-17-;. The fourth-order valence-electron chi connectivity index (χ4n) is 3.77. The highest BCUT2D eigenvalue weighted by molar-refractivity contribution is 6.27. The lowest BCUT2D eigenvalue weighted by Gasteiger charge is -2.35. The van der Waals surface area contributed by atoms with E-state index in [0.717, 1.165) is 44.2 Å². The van der Waals surface area contributed by atoms with Crippen LogP contribution in [0.5, 0.6) is 0 Å². The number of hydrogen-bond acceptors (Lipinski definition) is 5. The number of aromatic nitrogens is 1. The molecule has 0 bridgehead atoms. The summed E-state index contributed by atoms with van der Waals surface area (Å²) in [5, 5.41) is 17.3. The zero-order chi connectivity index (χ0) is 23.8. The van der Waals surface area contributed by atoms with Gasteiger partial charge in [-0.25, -0.2) is 14.6 Å². The van der Waals surface area contributed by atoms with Crippen LogP contribution in [0.2, 0.25) is 0 Å². The third kappa shape index (κ3) is 6.40. The van der Waals surface area contributed by atoms with E-state index in [4.69, 9.17) is 24.8 Å². The Morgan fingerprint density at radius 2 is 1.55 bits per heavy atom. The van der Waals surface area contributed by atoms with Gasteiger partial charge in [-0.2, -0.15) is 0 Å². The highest BCUT2D eigenvalue weighted by Crippen LogP contribution is 2.29. The van der Waals surface area contributed by atoms with Gasteiger partial charge in [0.1, 0.15) is 5.82 Å². The van der Waals surface area contributed by atoms with Crippen LogP contribution in [0.3, 0.4) is 0 Å². The molecule has 0 atom stereocenters. The molecule has 1 saturated heterocycles. The molecule has 7 nitrogen and oxygen atoms in total. The Balaban J connectivity index is 0.000000454. The first-order valence-corrected chi connectivity index (χ1v) is 11.0. The van der Waals surface area contributed by atoms with Gasteiger partial charge in [0.05, 0.1) is 5.69 Å². The second-order valence-corrected chi connectivity index (χ2v) is 7.82. The Labute approximate surface area is 193 Å². The van der Waals surface area contributed by atoms with Crippen LogP contribution in [0.4, 0.5) is 5.82 Å². The van der Waals surface area contributed by atoms with Gasteiger partial charge in [-0.1, -0.05) is 61.5 Å². The summed E-state index contributed by atoms with van der Waals surface area (Å²) in [6.45, 7) is 9.81. The lowest BCUT2D eigenvalue weighted by atomic mass is 10.0. The highest BCUT2D eigenvalue weighted by atomic mass is 16.4.